The number of aromatic nitrogens is 4. The molecule has 0 bridgehead atoms. The Morgan fingerprint density at radius 1 is 1.48 bits per heavy atom. The van der Waals surface area contributed by atoms with Crippen LogP contribution in [-0.4, -0.2) is 19.7 Å². The third-order valence-corrected chi connectivity index (χ3v) is 3.70. The zero-order valence-corrected chi connectivity index (χ0v) is 12.1. The molecule has 0 aliphatic rings. The third-order valence-electron chi connectivity index (χ3n) is 3.39. The standard InChI is InChI=1S/C14H14ClN5O/c1-2-10(16)13-19-11-5-3-4-9(15)12(11)14(21)20(13)8-6-17-18-7-8/h3-7,10H,2,16H2,1H3,(H,17,18). The van der Waals surface area contributed by atoms with Crippen LogP contribution < -0.4 is 11.3 Å². The van der Waals surface area contributed by atoms with Gasteiger partial charge in [0, 0.05) is 6.20 Å². The Morgan fingerprint density at radius 2 is 2.29 bits per heavy atom. The van der Waals surface area contributed by atoms with Crippen LogP contribution in [0.5, 0.6) is 0 Å². The highest BCUT2D eigenvalue weighted by Gasteiger charge is 2.18. The smallest absolute Gasteiger partial charge is 0.267 e. The van der Waals surface area contributed by atoms with Gasteiger partial charge in [-0.05, 0) is 18.6 Å². The monoisotopic (exact) mass is 303 g/mol. The minimum Gasteiger partial charge on any atom is -0.321 e. The molecule has 1 unspecified atom stereocenters. The van der Waals surface area contributed by atoms with Crippen molar-refractivity contribution in [3.8, 4) is 5.69 Å². The van der Waals surface area contributed by atoms with Crippen LogP contribution >= 0.6 is 11.6 Å². The number of fused-ring (bicyclic) bond motifs is 1. The number of hydrogen-bond donors (Lipinski definition) is 2. The van der Waals surface area contributed by atoms with E-state index in [1.807, 2.05) is 6.92 Å². The molecule has 1 aromatic carbocycles. The van der Waals surface area contributed by atoms with Gasteiger partial charge in [-0.15, -0.1) is 0 Å². The summed E-state index contributed by atoms with van der Waals surface area (Å²) in [4.78, 5) is 17.4. The maximum Gasteiger partial charge on any atom is 0.267 e. The van der Waals surface area contributed by atoms with Gasteiger partial charge < -0.3 is 5.73 Å². The van der Waals surface area contributed by atoms with Crippen molar-refractivity contribution in [2.24, 2.45) is 5.73 Å². The number of rotatable bonds is 3. The van der Waals surface area contributed by atoms with Crippen molar-refractivity contribution in [1.29, 1.82) is 0 Å². The maximum atomic E-state index is 12.8. The first-order valence-electron chi connectivity index (χ1n) is 6.59. The van der Waals surface area contributed by atoms with Gasteiger partial charge in [-0.1, -0.05) is 24.6 Å². The quantitative estimate of drug-likeness (QED) is 0.776. The van der Waals surface area contributed by atoms with E-state index in [1.165, 1.54) is 4.57 Å². The Labute approximate surface area is 125 Å². The summed E-state index contributed by atoms with van der Waals surface area (Å²) >= 11 is 6.15. The molecule has 108 valence electrons. The number of nitrogens with two attached hydrogens (primary N) is 1. The second kappa shape index (κ2) is 5.31. The summed E-state index contributed by atoms with van der Waals surface area (Å²) in [6.07, 6.45) is 3.84. The van der Waals surface area contributed by atoms with Crippen LogP contribution in [0.4, 0.5) is 0 Å². The molecule has 0 spiro atoms. The molecule has 0 aliphatic carbocycles. The highest BCUT2D eigenvalue weighted by atomic mass is 35.5. The molecule has 21 heavy (non-hydrogen) atoms. The van der Waals surface area contributed by atoms with Crippen molar-refractivity contribution >= 4 is 22.5 Å². The lowest BCUT2D eigenvalue weighted by atomic mass is 10.2. The van der Waals surface area contributed by atoms with Crippen LogP contribution in [0.15, 0.2) is 35.4 Å². The van der Waals surface area contributed by atoms with Gasteiger partial charge in [0.1, 0.15) is 5.82 Å². The molecule has 6 nitrogen and oxygen atoms in total. The highest BCUT2D eigenvalue weighted by molar-refractivity contribution is 6.35. The van der Waals surface area contributed by atoms with E-state index in [-0.39, 0.29) is 11.6 Å². The topological polar surface area (TPSA) is 89.6 Å². The molecule has 0 saturated carbocycles. The Bertz CT molecular complexity index is 840. The van der Waals surface area contributed by atoms with Crippen molar-refractivity contribution in [3.05, 3.63) is 51.8 Å². The normalized spacial score (nSPS) is 12.7. The summed E-state index contributed by atoms with van der Waals surface area (Å²) in [7, 11) is 0. The lowest BCUT2D eigenvalue weighted by molar-refractivity contribution is 0.623. The fourth-order valence-electron chi connectivity index (χ4n) is 2.25. The molecule has 3 rings (SSSR count). The Hall–Kier alpha value is -2.18. The van der Waals surface area contributed by atoms with Crippen LogP contribution in [0.2, 0.25) is 5.02 Å². The van der Waals surface area contributed by atoms with E-state index < -0.39 is 0 Å². The summed E-state index contributed by atoms with van der Waals surface area (Å²) in [5.74, 6) is 0.499. The van der Waals surface area contributed by atoms with Crippen LogP contribution in [0, 0.1) is 0 Å². The average molecular weight is 304 g/mol. The molecule has 1 atom stereocenters. The van der Waals surface area contributed by atoms with Crippen molar-refractivity contribution in [2.75, 3.05) is 0 Å². The molecular weight excluding hydrogens is 290 g/mol. The van der Waals surface area contributed by atoms with Gasteiger partial charge in [-0.2, -0.15) is 5.10 Å². The second-order valence-electron chi connectivity index (χ2n) is 4.72. The van der Waals surface area contributed by atoms with Crippen molar-refractivity contribution in [2.45, 2.75) is 19.4 Å². The zero-order chi connectivity index (χ0) is 15.0. The number of H-pyrrole nitrogens is 1. The summed E-state index contributed by atoms with van der Waals surface area (Å²) in [6, 6.07) is 4.84. The molecule has 3 N–H and O–H groups in total. The maximum absolute atomic E-state index is 12.8. The van der Waals surface area contributed by atoms with Gasteiger partial charge in [-0.25, -0.2) is 4.98 Å². The van der Waals surface area contributed by atoms with E-state index in [2.05, 4.69) is 15.2 Å². The van der Waals surface area contributed by atoms with Crippen molar-refractivity contribution in [1.82, 2.24) is 19.7 Å². The van der Waals surface area contributed by atoms with E-state index in [4.69, 9.17) is 17.3 Å². The summed E-state index contributed by atoms with van der Waals surface area (Å²) in [5, 5.41) is 7.33. The fraction of sp³-hybridized carbons (Fsp3) is 0.214. The first-order valence-corrected chi connectivity index (χ1v) is 6.97. The molecule has 0 fully saturated rings. The van der Waals surface area contributed by atoms with E-state index >= 15 is 0 Å². The van der Waals surface area contributed by atoms with Gasteiger partial charge in [0.15, 0.2) is 0 Å². The molecule has 0 amide bonds. The largest absolute Gasteiger partial charge is 0.321 e. The molecule has 7 heteroatoms. The summed E-state index contributed by atoms with van der Waals surface area (Å²) < 4.78 is 1.46. The number of halogens is 1. The Kier molecular flexibility index (Phi) is 3.48. The molecule has 2 heterocycles. The first kappa shape index (κ1) is 13.8. The van der Waals surface area contributed by atoms with E-state index in [1.54, 1.807) is 30.6 Å². The molecule has 3 aromatic rings. The zero-order valence-electron chi connectivity index (χ0n) is 11.4. The van der Waals surface area contributed by atoms with Crippen LogP contribution in [0.25, 0.3) is 16.6 Å². The lowest BCUT2D eigenvalue weighted by Crippen LogP contribution is -2.28. The lowest BCUT2D eigenvalue weighted by Gasteiger charge is -2.16. The Morgan fingerprint density at radius 3 is 2.95 bits per heavy atom. The van der Waals surface area contributed by atoms with Crippen LogP contribution in [0.1, 0.15) is 25.2 Å². The minimum absolute atomic E-state index is 0.245. The van der Waals surface area contributed by atoms with Gasteiger partial charge in [0.2, 0.25) is 0 Å². The molecule has 0 radical (unpaired) electrons. The van der Waals surface area contributed by atoms with Crippen molar-refractivity contribution in [3.63, 3.8) is 0 Å². The third kappa shape index (κ3) is 2.22. The Balaban J connectivity index is 2.45. The van der Waals surface area contributed by atoms with Gasteiger partial charge in [-0.3, -0.25) is 14.5 Å². The predicted molar refractivity (Wildman–Crippen MR) is 81.7 cm³/mol. The van der Waals surface area contributed by atoms with Crippen LogP contribution in [0.3, 0.4) is 0 Å². The van der Waals surface area contributed by atoms with Gasteiger partial charge in [0.25, 0.3) is 5.56 Å². The first-order chi connectivity index (χ1) is 10.1. The minimum atomic E-state index is -0.351. The van der Waals surface area contributed by atoms with E-state index in [0.29, 0.717) is 33.9 Å². The average Bonchev–Trinajstić information content (AvgIpc) is 2.99. The number of benzene rings is 1. The number of nitrogens with one attached hydrogen (secondary N) is 1. The van der Waals surface area contributed by atoms with Crippen LogP contribution in [-0.2, 0) is 0 Å². The van der Waals surface area contributed by atoms with E-state index in [9.17, 15) is 4.79 Å². The number of nitrogens with zero attached hydrogens (tertiary/aromatic N) is 3. The second-order valence-corrected chi connectivity index (χ2v) is 5.12. The van der Waals surface area contributed by atoms with Crippen molar-refractivity contribution < 1.29 is 0 Å². The number of hydrogen-bond acceptors (Lipinski definition) is 4. The highest BCUT2D eigenvalue weighted by Crippen LogP contribution is 2.22. The molecule has 0 saturated heterocycles. The predicted octanol–water partition coefficient (Wildman–Crippen LogP) is 2.17. The molecular formula is C14H14ClN5O. The summed E-state index contributed by atoms with van der Waals surface area (Å²) in [5.41, 5.74) is 7.01. The van der Waals surface area contributed by atoms with E-state index in [0.717, 1.165) is 0 Å². The van der Waals surface area contributed by atoms with Gasteiger partial charge in [0.05, 0.1) is 33.9 Å². The molecule has 0 aliphatic heterocycles. The number of aromatic amines is 1. The fourth-order valence-corrected chi connectivity index (χ4v) is 2.50. The molecule has 2 aromatic heterocycles. The summed E-state index contributed by atoms with van der Waals surface area (Å²) in [6.45, 7) is 1.94. The van der Waals surface area contributed by atoms with Gasteiger partial charge >= 0.3 is 0 Å². The SMILES string of the molecule is CCC(N)c1nc2cccc(Cl)c2c(=O)n1-c1cn[nH]c1.